The first-order valence-corrected chi connectivity index (χ1v) is 42.9. The number of aromatic carboxylic acids is 1. The molecule has 0 saturated carbocycles. The van der Waals surface area contributed by atoms with E-state index >= 15 is 0 Å². The van der Waals surface area contributed by atoms with E-state index in [0.717, 1.165) is 14.8 Å². The Kier molecular flexibility index (Phi) is 49.0. The number of anilines is 4. The van der Waals surface area contributed by atoms with E-state index in [1.165, 1.54) is 35.4 Å². The van der Waals surface area contributed by atoms with Crippen LogP contribution in [0.2, 0.25) is 0 Å². The number of hydrogen-bond donors (Lipinski definition) is 16. The van der Waals surface area contributed by atoms with Crippen molar-refractivity contribution in [2.24, 2.45) is 11.5 Å². The summed E-state index contributed by atoms with van der Waals surface area (Å²) in [6.45, 7) is 19.7. The van der Waals surface area contributed by atoms with Gasteiger partial charge in [0.2, 0.25) is 17.7 Å². The van der Waals surface area contributed by atoms with Crippen molar-refractivity contribution < 1.29 is 106 Å². The minimum Gasteiger partial charge on any atom is -0.478 e. The number of amides is 11. The summed E-state index contributed by atoms with van der Waals surface area (Å²) in [6.07, 6.45) is 7.62. The Morgan fingerprint density at radius 1 is 0.370 bits per heavy atom. The second-order valence-corrected chi connectivity index (χ2v) is 34.3. The summed E-state index contributed by atoms with van der Waals surface area (Å²) in [7, 11) is 2.37. The van der Waals surface area contributed by atoms with Crippen LogP contribution in [0.25, 0.3) is 0 Å². The fraction of sp³-hybridized carbons (Fsp3) is 0.278. The van der Waals surface area contributed by atoms with Crippen molar-refractivity contribution in [3.8, 4) is 48.4 Å². The van der Waals surface area contributed by atoms with Gasteiger partial charge in [-0.1, -0.05) is 35.5 Å². The highest BCUT2D eigenvalue weighted by Crippen LogP contribution is 2.17. The molecule has 3 atom stereocenters. The number of carboxylic acid groups (broad SMARTS) is 1. The number of carbonyl (C=O) groups excluding carboxylic acids is 13. The van der Waals surface area contributed by atoms with Gasteiger partial charge >= 0.3 is 42.3 Å². The predicted octanol–water partition coefficient (Wildman–Crippen LogP) is 10.3. The van der Waals surface area contributed by atoms with Crippen LogP contribution in [0.5, 0.6) is 0 Å². The van der Waals surface area contributed by atoms with E-state index in [4.69, 9.17) is 64.0 Å². The van der Waals surface area contributed by atoms with Crippen LogP contribution in [-0.4, -0.2) is 188 Å². The standard InChI is InChI=1S/C31H38N4O8.C20H21N5O4.C18H22N2O5.C13H17IN2O3.C9H6O2.C6H6IN/c1-30(2,3)42-28(39)32-18-24(27(38)41-7)35-26(37)22-14-10-20(11-15-22)8-9-21-12-16-23(17-13-21)34-25(36)19-33-29(40)43-31(4,5)6;21-11-17(20(28)25-29)24-19(27)15-7-3-13(4-8-15)1-2-14-5-9-16(10-6-14)23-18(26)12-22;1-6-12-7-9-13(10-8-12)15(21)20-14(16(22)24-5)11-19-17(23)25-18(2,3)4;1-13(2,3)19-12(18)15-8-11(17)16-10-6-4-9(14)5-7-10;1-2-7-3-5-8(6-4-7)9(10)11;7-5-1-3-6(8)4-2-5/h10-17,24H,18-19H2,1-7H3,(H,32,39)(H,33,40)(H,34,36)(H,35,37);3-10,17,29H,11-12,21-22H2,(H,23,26)(H,24,27)(H,25,28);1,7-10,14H,11H2,2-5H3,(H,19,23)(H,20,21);4-7H,8H2,1-3H3,(H,15,18)(H,16,17);1,3-6H,(H,10,11);1-4H,8H2. The zero-order valence-electron chi connectivity index (χ0n) is 76.7. The first-order valence-electron chi connectivity index (χ1n) is 40.7. The van der Waals surface area contributed by atoms with Crippen LogP contribution in [0, 0.1) is 55.5 Å². The molecule has 19 N–H and O–H groups in total. The van der Waals surface area contributed by atoms with Crippen molar-refractivity contribution in [3.05, 3.63) is 257 Å². The largest absolute Gasteiger partial charge is 0.478 e. The van der Waals surface area contributed by atoms with Crippen molar-refractivity contribution in [2.45, 2.75) is 124 Å². The fourth-order valence-corrected chi connectivity index (χ4v) is 10.4. The van der Waals surface area contributed by atoms with Crippen molar-refractivity contribution in [2.75, 3.05) is 75.2 Å². The SMILES string of the molecule is C#Cc1ccc(C(=O)NC(CNC(=O)OC(C)(C)C)C(=O)OC)cc1.C#Cc1ccc(C(=O)O)cc1.CC(C)(C)OC(=O)NCC(=O)Nc1ccc(I)cc1.COC(=O)C(CNC(=O)OC(C)(C)C)NC(=O)c1ccc(C#Cc2ccc(NC(=O)CNC(=O)OC(C)(C)C)cc2)cc1.NCC(=O)Nc1ccc(C#Cc2ccc(C(=O)NC(CN)C(=O)NO)cc2)cc1.Nc1ccc(I)cc1. The number of nitrogens with two attached hydrogens (primary N) is 3. The monoisotopic (exact) mass is 2080 g/mol. The molecule has 714 valence electrons. The van der Waals surface area contributed by atoms with Crippen LogP contribution < -0.4 is 75.8 Å². The topological polar surface area (TPSA) is 545 Å². The Bertz CT molecular complexity index is 5530. The average molecular weight is 2080 g/mol. The Morgan fingerprint density at radius 3 is 0.889 bits per heavy atom. The number of halogens is 2. The van der Waals surface area contributed by atoms with E-state index in [-0.39, 0.29) is 62.2 Å². The van der Waals surface area contributed by atoms with E-state index in [1.54, 1.807) is 229 Å². The molecule has 0 saturated heterocycles. The van der Waals surface area contributed by atoms with Crippen LogP contribution in [-0.2, 0) is 57.2 Å². The first kappa shape index (κ1) is 114. The molecule has 0 radical (unpaired) electrons. The number of carboxylic acids is 1. The fourth-order valence-electron chi connectivity index (χ4n) is 9.66. The third kappa shape index (κ3) is 49.7. The number of alkyl carbamates (subject to hydrolysis) is 4. The van der Waals surface area contributed by atoms with Crippen LogP contribution >= 0.6 is 45.2 Å². The quantitative estimate of drug-likeness (QED) is 0.00538. The Hall–Kier alpha value is -15.1. The highest BCUT2D eigenvalue weighted by atomic mass is 127. The number of rotatable bonds is 23. The number of methoxy groups -OCH3 is 2. The summed E-state index contributed by atoms with van der Waals surface area (Å²) in [6, 6.07) is 51.0. The van der Waals surface area contributed by atoms with E-state index in [9.17, 15) is 67.1 Å². The van der Waals surface area contributed by atoms with Gasteiger partial charge in [0.15, 0.2) is 0 Å². The Labute approximate surface area is 810 Å². The van der Waals surface area contributed by atoms with Crippen LogP contribution in [0.4, 0.5) is 41.9 Å². The maximum absolute atomic E-state index is 12.7. The van der Waals surface area contributed by atoms with E-state index in [1.807, 2.05) is 36.4 Å². The van der Waals surface area contributed by atoms with Crippen molar-refractivity contribution in [1.29, 1.82) is 0 Å². The summed E-state index contributed by atoms with van der Waals surface area (Å²) in [5.74, 6) is 11.1. The summed E-state index contributed by atoms with van der Waals surface area (Å²) in [5.41, 5.74) is 22.8. The lowest BCUT2D eigenvalue weighted by molar-refractivity contribution is -0.143. The maximum atomic E-state index is 12.7. The molecule has 0 aliphatic rings. The molecular weight excluding hydrogens is 1970 g/mol. The molecule has 8 rings (SSSR count). The van der Waals surface area contributed by atoms with Gasteiger partial charge in [0.05, 0.1) is 39.4 Å². The number of nitrogen functional groups attached to an aromatic ring is 1. The molecule has 36 nitrogen and oxygen atoms in total. The minimum atomic E-state index is -1.13. The molecule has 135 heavy (non-hydrogen) atoms. The lowest BCUT2D eigenvalue weighted by Crippen LogP contribution is -2.50. The predicted molar refractivity (Wildman–Crippen MR) is 525 cm³/mol. The second kappa shape index (κ2) is 58.0. The van der Waals surface area contributed by atoms with Crippen molar-refractivity contribution in [1.82, 2.24) is 42.7 Å². The van der Waals surface area contributed by atoms with Gasteiger partial charge in [0, 0.05) is 86.5 Å². The van der Waals surface area contributed by atoms with Gasteiger partial charge in [-0.25, -0.2) is 39.0 Å². The Morgan fingerprint density at radius 2 is 0.630 bits per heavy atom. The minimum absolute atomic E-state index is 0.0862. The van der Waals surface area contributed by atoms with Gasteiger partial charge < -0.3 is 104 Å². The molecule has 3 unspecified atom stereocenters. The average Bonchev–Trinajstić information content (AvgIpc) is 1.04. The zero-order chi connectivity index (χ0) is 101. The molecule has 0 aromatic heterocycles. The van der Waals surface area contributed by atoms with Gasteiger partial charge in [0.1, 0.15) is 53.6 Å². The smallest absolute Gasteiger partial charge is 0.408 e. The number of hydrogen-bond acceptors (Lipinski definition) is 24. The molecule has 0 aliphatic carbocycles. The number of ether oxygens (including phenoxy) is 6. The van der Waals surface area contributed by atoms with Crippen LogP contribution in [0.3, 0.4) is 0 Å². The molecule has 8 aromatic rings. The highest BCUT2D eigenvalue weighted by molar-refractivity contribution is 14.1. The lowest BCUT2D eigenvalue weighted by atomic mass is 10.1. The molecule has 0 fully saturated rings. The molecular formula is C97H110I2N14O22. The van der Waals surface area contributed by atoms with Crippen molar-refractivity contribution in [3.63, 3.8) is 0 Å². The highest BCUT2D eigenvalue weighted by Gasteiger charge is 2.28. The van der Waals surface area contributed by atoms with Gasteiger partial charge in [-0.3, -0.25) is 38.8 Å². The molecule has 0 spiro atoms. The van der Waals surface area contributed by atoms with Gasteiger partial charge in [-0.2, -0.15) is 0 Å². The second-order valence-electron chi connectivity index (χ2n) is 31.8. The van der Waals surface area contributed by atoms with Gasteiger partial charge in [-0.05, 0) is 322 Å². The summed E-state index contributed by atoms with van der Waals surface area (Å²) in [4.78, 5) is 164. The number of nitrogens with one attached hydrogen (secondary N) is 11. The molecule has 0 bridgehead atoms. The van der Waals surface area contributed by atoms with E-state index in [2.05, 4.69) is 139 Å². The van der Waals surface area contributed by atoms with Crippen LogP contribution in [0.1, 0.15) is 158 Å². The molecule has 38 heteroatoms. The molecule has 0 aliphatic heterocycles. The van der Waals surface area contributed by atoms with Crippen LogP contribution in [0.15, 0.2) is 194 Å². The van der Waals surface area contributed by atoms with E-state index in [0.29, 0.717) is 56.0 Å². The number of benzene rings is 8. The van der Waals surface area contributed by atoms with Gasteiger partial charge in [-0.15, -0.1) is 12.8 Å². The summed E-state index contributed by atoms with van der Waals surface area (Å²) in [5, 5.41) is 42.2. The molecule has 11 amide bonds. The first-order chi connectivity index (χ1) is 63.4. The summed E-state index contributed by atoms with van der Waals surface area (Å²) < 4.78 is 32.0. The zero-order valence-corrected chi connectivity index (χ0v) is 81.0. The number of terminal acetylenes is 2. The third-order valence-corrected chi connectivity index (χ3v) is 17.4. The Balaban J connectivity index is 0.000000447. The lowest BCUT2D eigenvalue weighted by Gasteiger charge is -2.21. The molecule has 0 heterocycles. The number of hydroxylamine groups is 1. The normalized spacial score (nSPS) is 10.9. The van der Waals surface area contributed by atoms with E-state index < -0.39 is 112 Å². The van der Waals surface area contributed by atoms with Gasteiger partial charge in [0.25, 0.3) is 23.6 Å². The maximum Gasteiger partial charge on any atom is 0.408 e. The summed E-state index contributed by atoms with van der Waals surface area (Å²) >= 11 is 4.42. The molecule has 8 aromatic carbocycles. The van der Waals surface area contributed by atoms with Crippen molar-refractivity contribution >= 4 is 152 Å². The third-order valence-electron chi connectivity index (χ3n) is 16.0. The number of carbonyl (C=O) groups is 14. The number of esters is 2.